The molecule has 0 saturated carbocycles. The number of carbonyl (C=O) groups excluding carboxylic acids is 1. The minimum atomic E-state index is -0.698. The standard InChI is InChI=1S/C12H16N2O5/c1-19-5-4-13-2-3-14-6-8(7-15)10(16)11(17)9(14)12(13)18/h6,15,17H,2-5,7H2,1H3. The number of aromatic hydroxyl groups is 1. The average Bonchev–Trinajstić information content (AvgIpc) is 2.41. The van der Waals surface area contributed by atoms with Gasteiger partial charge < -0.3 is 24.4 Å². The largest absolute Gasteiger partial charge is 0.503 e. The fourth-order valence-corrected chi connectivity index (χ4v) is 2.11. The van der Waals surface area contributed by atoms with Crippen molar-refractivity contribution in [2.45, 2.75) is 13.2 Å². The zero-order valence-corrected chi connectivity index (χ0v) is 10.6. The quantitative estimate of drug-likeness (QED) is 0.742. The summed E-state index contributed by atoms with van der Waals surface area (Å²) >= 11 is 0. The van der Waals surface area contributed by atoms with Crippen molar-refractivity contribution in [3.63, 3.8) is 0 Å². The molecule has 0 saturated heterocycles. The number of hydrogen-bond donors (Lipinski definition) is 2. The second-order valence-electron chi connectivity index (χ2n) is 4.32. The molecule has 0 fully saturated rings. The maximum Gasteiger partial charge on any atom is 0.274 e. The van der Waals surface area contributed by atoms with Gasteiger partial charge in [0.1, 0.15) is 0 Å². The Bertz CT molecular complexity index is 552. The van der Waals surface area contributed by atoms with Crippen molar-refractivity contribution in [3.8, 4) is 5.75 Å². The summed E-state index contributed by atoms with van der Waals surface area (Å²) in [5, 5.41) is 18.9. The van der Waals surface area contributed by atoms with E-state index in [-0.39, 0.29) is 11.3 Å². The molecule has 2 N–H and O–H groups in total. The number of rotatable bonds is 4. The van der Waals surface area contributed by atoms with E-state index in [2.05, 4.69) is 0 Å². The Hall–Kier alpha value is -1.86. The van der Waals surface area contributed by atoms with Crippen LogP contribution in [0.25, 0.3) is 0 Å². The predicted molar refractivity (Wildman–Crippen MR) is 66.1 cm³/mol. The lowest BCUT2D eigenvalue weighted by Crippen LogP contribution is -2.43. The zero-order valence-electron chi connectivity index (χ0n) is 10.6. The number of hydrogen-bond acceptors (Lipinski definition) is 5. The van der Waals surface area contributed by atoms with Crippen molar-refractivity contribution in [1.82, 2.24) is 9.47 Å². The number of ether oxygens (including phenoxy) is 1. The molecule has 0 bridgehead atoms. The third kappa shape index (κ3) is 2.34. The molecule has 1 aromatic rings. The van der Waals surface area contributed by atoms with Gasteiger partial charge in [0.15, 0.2) is 11.4 Å². The second-order valence-corrected chi connectivity index (χ2v) is 4.32. The average molecular weight is 268 g/mol. The monoisotopic (exact) mass is 268 g/mol. The van der Waals surface area contributed by atoms with Crippen LogP contribution in [0.2, 0.25) is 0 Å². The summed E-state index contributed by atoms with van der Waals surface area (Å²) < 4.78 is 6.42. The first-order chi connectivity index (χ1) is 9.10. The molecule has 0 spiro atoms. The molecule has 104 valence electrons. The van der Waals surface area contributed by atoms with Crippen molar-refractivity contribution in [2.24, 2.45) is 0 Å². The first kappa shape index (κ1) is 13.6. The number of carbonyl (C=O) groups is 1. The smallest absolute Gasteiger partial charge is 0.274 e. The minimum Gasteiger partial charge on any atom is -0.503 e. The van der Waals surface area contributed by atoms with E-state index in [0.29, 0.717) is 26.2 Å². The van der Waals surface area contributed by atoms with Gasteiger partial charge in [0.05, 0.1) is 13.2 Å². The first-order valence-corrected chi connectivity index (χ1v) is 5.94. The second kappa shape index (κ2) is 5.41. The molecule has 1 amide bonds. The van der Waals surface area contributed by atoms with Crippen LogP contribution in [0.1, 0.15) is 16.1 Å². The number of aliphatic hydroxyl groups is 1. The van der Waals surface area contributed by atoms with Gasteiger partial charge in [-0.1, -0.05) is 0 Å². The Balaban J connectivity index is 2.41. The molecule has 2 rings (SSSR count). The predicted octanol–water partition coefficient (Wildman–Crippen LogP) is -0.852. The summed E-state index contributed by atoms with van der Waals surface area (Å²) in [6.45, 7) is 1.28. The van der Waals surface area contributed by atoms with Gasteiger partial charge in [-0.15, -0.1) is 0 Å². The molecule has 0 aromatic carbocycles. The van der Waals surface area contributed by atoms with Gasteiger partial charge in [-0.05, 0) is 0 Å². The molecule has 2 heterocycles. The van der Waals surface area contributed by atoms with Crippen LogP contribution in [-0.4, -0.2) is 52.4 Å². The van der Waals surface area contributed by atoms with Gasteiger partial charge in [-0.25, -0.2) is 0 Å². The van der Waals surface area contributed by atoms with Crippen LogP contribution >= 0.6 is 0 Å². The number of methoxy groups -OCH3 is 1. The number of fused-ring (bicyclic) bond motifs is 1. The van der Waals surface area contributed by atoms with E-state index >= 15 is 0 Å². The van der Waals surface area contributed by atoms with Gasteiger partial charge in [0.2, 0.25) is 5.43 Å². The summed E-state index contributed by atoms with van der Waals surface area (Å²) in [6.07, 6.45) is 1.42. The van der Waals surface area contributed by atoms with Gasteiger partial charge >= 0.3 is 0 Å². The van der Waals surface area contributed by atoms with E-state index in [9.17, 15) is 14.7 Å². The highest BCUT2D eigenvalue weighted by Crippen LogP contribution is 2.20. The van der Waals surface area contributed by atoms with Crippen molar-refractivity contribution >= 4 is 5.91 Å². The van der Waals surface area contributed by atoms with Crippen molar-refractivity contribution in [3.05, 3.63) is 27.7 Å². The number of aliphatic hydroxyl groups excluding tert-OH is 1. The third-order valence-corrected chi connectivity index (χ3v) is 3.17. The Labute approximate surface area is 109 Å². The summed E-state index contributed by atoms with van der Waals surface area (Å²) in [7, 11) is 1.54. The fourth-order valence-electron chi connectivity index (χ4n) is 2.11. The lowest BCUT2D eigenvalue weighted by molar-refractivity contribution is 0.0633. The summed E-state index contributed by atoms with van der Waals surface area (Å²) in [6, 6.07) is 0. The number of amides is 1. The molecule has 1 aliphatic rings. The summed E-state index contributed by atoms with van der Waals surface area (Å²) in [4.78, 5) is 25.4. The number of nitrogens with zero attached hydrogens (tertiary/aromatic N) is 2. The van der Waals surface area contributed by atoms with Gasteiger partial charge in [-0.3, -0.25) is 9.59 Å². The van der Waals surface area contributed by atoms with Crippen LogP contribution < -0.4 is 5.43 Å². The molecule has 1 aliphatic heterocycles. The molecular formula is C12H16N2O5. The van der Waals surface area contributed by atoms with Crippen LogP contribution in [0.3, 0.4) is 0 Å². The molecule has 7 heteroatoms. The highest BCUT2D eigenvalue weighted by atomic mass is 16.5. The van der Waals surface area contributed by atoms with E-state index < -0.39 is 23.7 Å². The number of pyridine rings is 1. The Morgan fingerprint density at radius 3 is 2.74 bits per heavy atom. The zero-order chi connectivity index (χ0) is 14.0. The third-order valence-electron chi connectivity index (χ3n) is 3.17. The Morgan fingerprint density at radius 2 is 2.11 bits per heavy atom. The van der Waals surface area contributed by atoms with Gasteiger partial charge in [0.25, 0.3) is 5.91 Å². The van der Waals surface area contributed by atoms with Gasteiger partial charge in [-0.2, -0.15) is 0 Å². The summed E-state index contributed by atoms with van der Waals surface area (Å²) in [5.41, 5.74) is -0.639. The van der Waals surface area contributed by atoms with Crippen LogP contribution in [0.4, 0.5) is 0 Å². The van der Waals surface area contributed by atoms with Crippen LogP contribution in [0.15, 0.2) is 11.0 Å². The first-order valence-electron chi connectivity index (χ1n) is 5.94. The normalized spacial score (nSPS) is 14.6. The molecule has 0 unspecified atom stereocenters. The number of aromatic nitrogens is 1. The van der Waals surface area contributed by atoms with Gasteiger partial charge in [0, 0.05) is 38.5 Å². The molecule has 0 radical (unpaired) electrons. The van der Waals surface area contributed by atoms with Crippen LogP contribution in [0.5, 0.6) is 5.75 Å². The molecule has 0 aliphatic carbocycles. The SMILES string of the molecule is COCCN1CCn2cc(CO)c(=O)c(O)c2C1=O. The molecule has 0 atom stereocenters. The minimum absolute atomic E-state index is 0.0236. The lowest BCUT2D eigenvalue weighted by atomic mass is 10.1. The highest BCUT2D eigenvalue weighted by molar-refractivity contribution is 5.95. The van der Waals surface area contributed by atoms with E-state index in [1.54, 1.807) is 0 Å². The molecular weight excluding hydrogens is 252 g/mol. The highest BCUT2D eigenvalue weighted by Gasteiger charge is 2.28. The molecule has 19 heavy (non-hydrogen) atoms. The maximum atomic E-state index is 12.2. The van der Waals surface area contributed by atoms with E-state index in [1.165, 1.54) is 22.8 Å². The van der Waals surface area contributed by atoms with Crippen LogP contribution in [0, 0.1) is 0 Å². The Kier molecular flexibility index (Phi) is 3.87. The topological polar surface area (TPSA) is 92.0 Å². The Morgan fingerprint density at radius 1 is 1.37 bits per heavy atom. The van der Waals surface area contributed by atoms with Crippen molar-refractivity contribution in [1.29, 1.82) is 0 Å². The van der Waals surface area contributed by atoms with Crippen LogP contribution in [-0.2, 0) is 17.9 Å². The van der Waals surface area contributed by atoms with Crippen molar-refractivity contribution in [2.75, 3.05) is 26.8 Å². The summed E-state index contributed by atoms with van der Waals surface area (Å²) in [5.74, 6) is -0.999. The van der Waals surface area contributed by atoms with Crippen molar-refractivity contribution < 1.29 is 19.7 Å². The van der Waals surface area contributed by atoms with E-state index in [0.717, 1.165) is 0 Å². The fraction of sp³-hybridized carbons (Fsp3) is 0.500. The molecule has 1 aromatic heterocycles. The lowest BCUT2D eigenvalue weighted by Gasteiger charge is -2.30. The van der Waals surface area contributed by atoms with E-state index in [4.69, 9.17) is 9.84 Å². The molecule has 7 nitrogen and oxygen atoms in total. The maximum absolute atomic E-state index is 12.2. The van der Waals surface area contributed by atoms with E-state index in [1.807, 2.05) is 0 Å².